The minimum absolute atomic E-state index is 0.892. The molecule has 0 amide bonds. The first-order valence-corrected chi connectivity index (χ1v) is 9.10. The molecule has 0 saturated carbocycles. The summed E-state index contributed by atoms with van der Waals surface area (Å²) in [5, 5.41) is 5.30. The molecule has 0 saturated heterocycles. The number of pyridine rings is 1. The van der Waals surface area contributed by atoms with Crippen molar-refractivity contribution in [3.63, 3.8) is 0 Å². The highest BCUT2D eigenvalue weighted by molar-refractivity contribution is 6.02. The highest BCUT2D eigenvalue weighted by Crippen LogP contribution is 2.28. The van der Waals surface area contributed by atoms with E-state index in [1.54, 1.807) is 0 Å². The molecular formula is C20H16ClNO4. The van der Waals surface area contributed by atoms with Gasteiger partial charge < -0.3 is 0 Å². The molecule has 1 aromatic heterocycles. The van der Waals surface area contributed by atoms with Crippen LogP contribution in [0.3, 0.4) is 0 Å². The average Bonchev–Trinajstić information content (AvgIpc) is 2.61. The zero-order valence-corrected chi connectivity index (χ0v) is 14.5. The van der Waals surface area contributed by atoms with E-state index in [9.17, 15) is 0 Å². The quantitative estimate of drug-likeness (QED) is 0.354. The normalized spacial score (nSPS) is 11.2. The summed E-state index contributed by atoms with van der Waals surface area (Å²) in [6, 6.07) is 25.8. The van der Waals surface area contributed by atoms with Gasteiger partial charge in [-0.3, -0.25) is 0 Å². The van der Waals surface area contributed by atoms with E-state index in [1.807, 2.05) is 0 Å². The Bertz CT molecular complexity index is 956. The van der Waals surface area contributed by atoms with Gasteiger partial charge in [0.1, 0.15) is 0 Å². The molecule has 4 rings (SSSR count). The Morgan fingerprint density at radius 3 is 1.62 bits per heavy atom. The van der Waals surface area contributed by atoms with Crippen molar-refractivity contribution in [2.45, 2.75) is 6.54 Å². The molecule has 132 valence electrons. The number of nitrogens with zero attached hydrogens (tertiary/aromatic N) is 1. The summed E-state index contributed by atoms with van der Waals surface area (Å²) in [7, 11) is -4.94. The molecule has 0 aliphatic rings. The fourth-order valence-electron chi connectivity index (χ4n) is 3.00. The Hall–Kier alpha value is -2.54. The summed E-state index contributed by atoms with van der Waals surface area (Å²) in [5.41, 5.74) is 1.39. The molecule has 0 bridgehead atoms. The number of benzene rings is 3. The van der Waals surface area contributed by atoms with E-state index in [4.69, 9.17) is 18.6 Å². The van der Waals surface area contributed by atoms with Crippen molar-refractivity contribution in [1.29, 1.82) is 0 Å². The second kappa shape index (κ2) is 7.78. The standard InChI is InChI=1S/C20H16N.ClHO4/c1-6-12-21(13-7-1)15-20-18-10-4-2-8-16(18)14-17-9-3-5-11-19(17)20;2-1(3,4)5/h1-14H,15H2;(H,2,3,4,5)/q+1;/p-1. The second-order valence-corrected chi connectivity index (χ2v) is 6.48. The number of hydrogen-bond donors (Lipinski definition) is 0. The molecule has 0 aliphatic carbocycles. The Labute approximate surface area is 152 Å². The van der Waals surface area contributed by atoms with Crippen LogP contribution in [0.2, 0.25) is 0 Å². The summed E-state index contributed by atoms with van der Waals surface area (Å²) < 4.78 is 36.2. The van der Waals surface area contributed by atoms with Crippen molar-refractivity contribution in [1.82, 2.24) is 0 Å². The molecule has 3 aromatic carbocycles. The molecule has 0 atom stereocenters. The van der Waals surface area contributed by atoms with Crippen molar-refractivity contribution >= 4 is 21.5 Å². The van der Waals surface area contributed by atoms with E-state index in [2.05, 4.69) is 89.8 Å². The number of aromatic nitrogens is 1. The molecule has 1 heterocycles. The van der Waals surface area contributed by atoms with Crippen LogP contribution in [0.25, 0.3) is 21.5 Å². The lowest BCUT2D eigenvalue weighted by Crippen LogP contribution is -2.68. The van der Waals surface area contributed by atoms with E-state index in [1.165, 1.54) is 27.1 Å². The zero-order chi connectivity index (χ0) is 18.6. The predicted molar refractivity (Wildman–Crippen MR) is 87.2 cm³/mol. The summed E-state index contributed by atoms with van der Waals surface area (Å²) in [4.78, 5) is 0. The average molecular weight is 370 g/mol. The van der Waals surface area contributed by atoms with Crippen LogP contribution < -0.4 is 23.2 Å². The molecule has 4 aromatic rings. The van der Waals surface area contributed by atoms with Crippen molar-refractivity contribution < 1.29 is 33.4 Å². The van der Waals surface area contributed by atoms with Crippen LogP contribution >= 0.6 is 0 Å². The van der Waals surface area contributed by atoms with Gasteiger partial charge >= 0.3 is 0 Å². The van der Waals surface area contributed by atoms with Crippen LogP contribution in [0.5, 0.6) is 0 Å². The highest BCUT2D eigenvalue weighted by Gasteiger charge is 2.11. The first-order valence-electron chi connectivity index (χ1n) is 7.87. The van der Waals surface area contributed by atoms with E-state index in [0.717, 1.165) is 6.54 Å². The maximum atomic E-state index is 8.49. The largest absolute Gasteiger partial charge is 0.222 e. The molecule has 0 unspecified atom stereocenters. The topological polar surface area (TPSA) is 96.1 Å². The van der Waals surface area contributed by atoms with Gasteiger partial charge in [0.25, 0.3) is 0 Å². The lowest BCUT2D eigenvalue weighted by atomic mass is 9.96. The monoisotopic (exact) mass is 369 g/mol. The maximum Gasteiger partial charge on any atom is 0.175 e. The van der Waals surface area contributed by atoms with Gasteiger partial charge in [-0.15, -0.1) is 10.2 Å². The number of hydrogen-bond acceptors (Lipinski definition) is 4. The molecule has 0 spiro atoms. The lowest BCUT2D eigenvalue weighted by molar-refractivity contribution is -2.00. The SMILES string of the molecule is [O-][Cl+3]([O-])([O-])[O-].c1cc[n+](Cc2c3ccccc3cc3ccccc23)cc1. The van der Waals surface area contributed by atoms with Crippen LogP contribution in [0, 0.1) is 10.2 Å². The summed E-state index contributed by atoms with van der Waals surface area (Å²) in [6.07, 6.45) is 4.24. The third-order valence-corrected chi connectivity index (χ3v) is 4.00. The highest BCUT2D eigenvalue weighted by atomic mass is 35.7. The Balaban J connectivity index is 0.000000349. The smallest absolute Gasteiger partial charge is 0.175 e. The fraction of sp³-hybridized carbons (Fsp3) is 0.0500. The molecule has 0 radical (unpaired) electrons. The lowest BCUT2D eigenvalue weighted by Gasteiger charge is -2.17. The van der Waals surface area contributed by atoms with Gasteiger partial charge in [0.05, 0.1) is 0 Å². The maximum absolute atomic E-state index is 8.49. The molecule has 6 heteroatoms. The number of halogens is 1. The molecular weight excluding hydrogens is 354 g/mol. The third kappa shape index (κ3) is 4.76. The predicted octanol–water partition coefficient (Wildman–Crippen LogP) is -0.427. The van der Waals surface area contributed by atoms with E-state index < -0.39 is 10.2 Å². The summed E-state index contributed by atoms with van der Waals surface area (Å²) in [5.74, 6) is 0. The Kier molecular flexibility index (Phi) is 5.46. The first-order chi connectivity index (χ1) is 12.4. The van der Waals surface area contributed by atoms with Gasteiger partial charge in [-0.05, 0) is 27.6 Å². The van der Waals surface area contributed by atoms with E-state index in [0.29, 0.717) is 0 Å². The van der Waals surface area contributed by atoms with E-state index >= 15 is 0 Å². The minimum Gasteiger partial charge on any atom is -0.222 e. The van der Waals surface area contributed by atoms with Crippen molar-refractivity contribution in [2.75, 3.05) is 0 Å². The molecule has 0 fully saturated rings. The zero-order valence-electron chi connectivity index (χ0n) is 13.7. The van der Waals surface area contributed by atoms with Gasteiger partial charge in [0.15, 0.2) is 18.9 Å². The minimum atomic E-state index is -4.94. The number of rotatable bonds is 2. The Morgan fingerprint density at radius 1 is 0.654 bits per heavy atom. The first kappa shape index (κ1) is 18.3. The van der Waals surface area contributed by atoms with Gasteiger partial charge in [0, 0.05) is 17.7 Å². The summed E-state index contributed by atoms with van der Waals surface area (Å²) >= 11 is 0. The van der Waals surface area contributed by atoms with Crippen molar-refractivity contribution in [2.24, 2.45) is 0 Å². The van der Waals surface area contributed by atoms with Gasteiger partial charge in [-0.2, -0.15) is 0 Å². The summed E-state index contributed by atoms with van der Waals surface area (Å²) in [6.45, 7) is 0.892. The molecule has 0 aliphatic heterocycles. The second-order valence-electron chi connectivity index (χ2n) is 5.72. The fourth-order valence-corrected chi connectivity index (χ4v) is 3.00. The van der Waals surface area contributed by atoms with Crippen molar-refractivity contribution in [3.8, 4) is 0 Å². The van der Waals surface area contributed by atoms with E-state index in [-0.39, 0.29) is 0 Å². The Morgan fingerprint density at radius 2 is 1.12 bits per heavy atom. The van der Waals surface area contributed by atoms with Crippen LogP contribution in [-0.4, -0.2) is 0 Å². The van der Waals surface area contributed by atoms with Gasteiger partial charge in [-0.25, -0.2) is 23.2 Å². The third-order valence-electron chi connectivity index (χ3n) is 4.00. The van der Waals surface area contributed by atoms with Crippen LogP contribution in [-0.2, 0) is 6.54 Å². The van der Waals surface area contributed by atoms with Crippen LogP contribution in [0.15, 0.2) is 85.2 Å². The van der Waals surface area contributed by atoms with Gasteiger partial charge in [0.2, 0.25) is 0 Å². The van der Waals surface area contributed by atoms with Crippen LogP contribution in [0.4, 0.5) is 0 Å². The van der Waals surface area contributed by atoms with Crippen LogP contribution in [0.1, 0.15) is 5.56 Å². The molecule has 5 nitrogen and oxygen atoms in total. The molecule has 26 heavy (non-hydrogen) atoms. The molecule has 0 N–H and O–H groups in total. The van der Waals surface area contributed by atoms with Gasteiger partial charge in [-0.1, -0.05) is 54.6 Å². The number of fused-ring (bicyclic) bond motifs is 2. The van der Waals surface area contributed by atoms with Crippen molar-refractivity contribution in [3.05, 3.63) is 90.8 Å².